The summed E-state index contributed by atoms with van der Waals surface area (Å²) in [6.07, 6.45) is 1.73. The minimum Gasteiger partial charge on any atom is -0.242 e. The molecular weight excluding hydrogens is 154 g/mol. The van der Waals surface area contributed by atoms with Gasteiger partial charge in [0.1, 0.15) is 0 Å². The number of aryl methyl sites for hydroxylation is 1. The van der Waals surface area contributed by atoms with Crippen LogP contribution < -0.4 is 0 Å². The Labute approximate surface area is 70.6 Å². The maximum atomic E-state index is 4.46. The van der Waals surface area contributed by atoms with Crippen LogP contribution in [0.1, 0.15) is 19.4 Å². The van der Waals surface area contributed by atoms with Gasteiger partial charge in [-0.05, 0) is 28.9 Å². The van der Waals surface area contributed by atoms with Crippen LogP contribution in [0.4, 0.5) is 0 Å². The Morgan fingerprint density at radius 1 is 1.25 bits per heavy atom. The molecule has 0 saturated heterocycles. The molecule has 0 aliphatic rings. The van der Waals surface area contributed by atoms with E-state index in [9.17, 15) is 0 Å². The van der Waals surface area contributed by atoms with Gasteiger partial charge in [0, 0.05) is 6.20 Å². The Balaban J connectivity index is 0.000000336. The standard InChI is InChI=1S/C6H5N3O.C2H6/c1-4-2-5-6(7-3-4)9-10-8-5;1-2/h2-3H,1H3;1-2H3. The zero-order chi connectivity index (χ0) is 8.97. The first kappa shape index (κ1) is 8.64. The number of aromatic nitrogens is 3. The average Bonchev–Trinajstić information content (AvgIpc) is 2.54. The zero-order valence-electron chi connectivity index (χ0n) is 7.40. The summed E-state index contributed by atoms with van der Waals surface area (Å²) in [6, 6.07) is 1.87. The summed E-state index contributed by atoms with van der Waals surface area (Å²) >= 11 is 0. The molecule has 4 heteroatoms. The van der Waals surface area contributed by atoms with E-state index in [4.69, 9.17) is 0 Å². The number of pyridine rings is 1. The second kappa shape index (κ2) is 3.80. The van der Waals surface area contributed by atoms with Crippen molar-refractivity contribution >= 4 is 11.2 Å². The molecule has 0 spiro atoms. The molecule has 2 rings (SSSR count). The molecule has 2 aromatic heterocycles. The molecule has 64 valence electrons. The maximum absolute atomic E-state index is 4.46. The third-order valence-electron chi connectivity index (χ3n) is 1.25. The predicted octanol–water partition coefficient (Wildman–Crippen LogP) is 1.95. The zero-order valence-corrected chi connectivity index (χ0v) is 7.40. The van der Waals surface area contributed by atoms with Crippen LogP contribution in [0.3, 0.4) is 0 Å². The summed E-state index contributed by atoms with van der Waals surface area (Å²) in [5.41, 5.74) is 2.33. The molecule has 0 aromatic carbocycles. The van der Waals surface area contributed by atoms with Gasteiger partial charge in [0.2, 0.25) is 5.65 Å². The fourth-order valence-corrected chi connectivity index (χ4v) is 0.787. The first-order valence-electron chi connectivity index (χ1n) is 3.91. The molecule has 0 fully saturated rings. The molecule has 0 N–H and O–H groups in total. The van der Waals surface area contributed by atoms with Gasteiger partial charge in [-0.25, -0.2) is 9.61 Å². The molecule has 0 atom stereocenters. The van der Waals surface area contributed by atoms with Gasteiger partial charge in [-0.1, -0.05) is 13.8 Å². The van der Waals surface area contributed by atoms with E-state index in [1.807, 2.05) is 26.8 Å². The minimum atomic E-state index is 0.561. The van der Waals surface area contributed by atoms with E-state index >= 15 is 0 Å². The number of hydrogen-bond donors (Lipinski definition) is 0. The molecule has 0 radical (unpaired) electrons. The summed E-state index contributed by atoms with van der Waals surface area (Å²) < 4.78 is 4.46. The Hall–Kier alpha value is -1.45. The predicted molar refractivity (Wildman–Crippen MR) is 45.7 cm³/mol. The van der Waals surface area contributed by atoms with Crippen molar-refractivity contribution in [2.75, 3.05) is 0 Å². The van der Waals surface area contributed by atoms with Crippen molar-refractivity contribution in [2.24, 2.45) is 0 Å². The molecule has 0 saturated carbocycles. The molecule has 0 bridgehead atoms. The van der Waals surface area contributed by atoms with Gasteiger partial charge in [-0.15, -0.1) is 0 Å². The third-order valence-corrected chi connectivity index (χ3v) is 1.25. The molecule has 0 aliphatic carbocycles. The number of hydrogen-bond acceptors (Lipinski definition) is 4. The SMILES string of the molecule is CC.Cc1cnc2nonc2c1. The second-order valence-corrected chi connectivity index (χ2v) is 2.12. The largest absolute Gasteiger partial charge is 0.242 e. The van der Waals surface area contributed by atoms with Crippen LogP contribution >= 0.6 is 0 Å². The third kappa shape index (κ3) is 1.58. The normalized spacial score (nSPS) is 9.25. The highest BCUT2D eigenvalue weighted by Crippen LogP contribution is 2.05. The molecule has 2 aromatic rings. The highest BCUT2D eigenvalue weighted by molar-refractivity contribution is 5.68. The van der Waals surface area contributed by atoms with Gasteiger partial charge in [0.05, 0.1) is 0 Å². The van der Waals surface area contributed by atoms with Crippen LogP contribution in [-0.2, 0) is 0 Å². The van der Waals surface area contributed by atoms with Crippen molar-refractivity contribution in [1.29, 1.82) is 0 Å². The average molecular weight is 165 g/mol. The van der Waals surface area contributed by atoms with Crippen LogP contribution in [0, 0.1) is 6.92 Å². The van der Waals surface area contributed by atoms with Crippen molar-refractivity contribution in [1.82, 2.24) is 15.3 Å². The number of nitrogens with zero attached hydrogens (tertiary/aromatic N) is 3. The van der Waals surface area contributed by atoms with Gasteiger partial charge in [0.25, 0.3) is 0 Å². The van der Waals surface area contributed by atoms with E-state index < -0.39 is 0 Å². The van der Waals surface area contributed by atoms with Gasteiger partial charge in [-0.3, -0.25) is 0 Å². The lowest BCUT2D eigenvalue weighted by atomic mass is 10.3. The van der Waals surface area contributed by atoms with Crippen LogP contribution in [0.25, 0.3) is 11.2 Å². The highest BCUT2D eigenvalue weighted by atomic mass is 16.6. The minimum absolute atomic E-state index is 0.561. The maximum Gasteiger partial charge on any atom is 0.224 e. The first-order valence-corrected chi connectivity index (χ1v) is 3.91. The lowest BCUT2D eigenvalue weighted by molar-refractivity contribution is 0.315. The first-order chi connectivity index (χ1) is 5.86. The summed E-state index contributed by atoms with van der Waals surface area (Å²) in [5, 5.41) is 7.19. The van der Waals surface area contributed by atoms with Gasteiger partial charge in [0.15, 0.2) is 5.52 Å². The van der Waals surface area contributed by atoms with Crippen LogP contribution in [-0.4, -0.2) is 15.3 Å². The van der Waals surface area contributed by atoms with E-state index in [1.165, 1.54) is 0 Å². The molecular formula is C8H11N3O. The molecule has 0 amide bonds. The Morgan fingerprint density at radius 3 is 2.75 bits per heavy atom. The topological polar surface area (TPSA) is 51.8 Å². The summed E-state index contributed by atoms with van der Waals surface area (Å²) in [4.78, 5) is 3.97. The fraction of sp³-hybridized carbons (Fsp3) is 0.375. The summed E-state index contributed by atoms with van der Waals surface area (Å²) in [5.74, 6) is 0. The lowest BCUT2D eigenvalue weighted by Gasteiger charge is -1.85. The monoisotopic (exact) mass is 165 g/mol. The van der Waals surface area contributed by atoms with E-state index in [0.29, 0.717) is 11.2 Å². The Bertz CT molecular complexity index is 356. The van der Waals surface area contributed by atoms with Gasteiger partial charge < -0.3 is 0 Å². The van der Waals surface area contributed by atoms with Crippen molar-refractivity contribution in [3.05, 3.63) is 17.8 Å². The molecule has 2 heterocycles. The number of fused-ring (bicyclic) bond motifs is 1. The van der Waals surface area contributed by atoms with Gasteiger partial charge >= 0.3 is 0 Å². The van der Waals surface area contributed by atoms with Crippen molar-refractivity contribution in [2.45, 2.75) is 20.8 Å². The molecule has 4 nitrogen and oxygen atoms in total. The van der Waals surface area contributed by atoms with E-state index in [1.54, 1.807) is 6.20 Å². The Kier molecular flexibility index (Phi) is 2.74. The Morgan fingerprint density at radius 2 is 2.00 bits per heavy atom. The van der Waals surface area contributed by atoms with Crippen LogP contribution in [0.2, 0.25) is 0 Å². The van der Waals surface area contributed by atoms with E-state index in [2.05, 4.69) is 19.9 Å². The summed E-state index contributed by atoms with van der Waals surface area (Å²) in [6.45, 7) is 5.95. The van der Waals surface area contributed by atoms with Crippen molar-refractivity contribution in [3.63, 3.8) is 0 Å². The van der Waals surface area contributed by atoms with Crippen LogP contribution in [0.15, 0.2) is 16.9 Å². The smallest absolute Gasteiger partial charge is 0.224 e. The highest BCUT2D eigenvalue weighted by Gasteiger charge is 1.98. The van der Waals surface area contributed by atoms with Gasteiger partial charge in [-0.2, -0.15) is 0 Å². The second-order valence-electron chi connectivity index (χ2n) is 2.12. The molecule has 0 unspecified atom stereocenters. The number of rotatable bonds is 0. The molecule has 0 aliphatic heterocycles. The fourth-order valence-electron chi connectivity index (χ4n) is 0.787. The van der Waals surface area contributed by atoms with Crippen LogP contribution in [0.5, 0.6) is 0 Å². The summed E-state index contributed by atoms with van der Waals surface area (Å²) in [7, 11) is 0. The van der Waals surface area contributed by atoms with E-state index in [0.717, 1.165) is 5.56 Å². The van der Waals surface area contributed by atoms with Crippen molar-refractivity contribution < 1.29 is 4.63 Å². The lowest BCUT2D eigenvalue weighted by Crippen LogP contribution is -1.77. The van der Waals surface area contributed by atoms with E-state index in [-0.39, 0.29) is 0 Å². The molecule has 12 heavy (non-hydrogen) atoms. The quantitative estimate of drug-likeness (QED) is 0.598. The van der Waals surface area contributed by atoms with Crippen molar-refractivity contribution in [3.8, 4) is 0 Å².